The van der Waals surface area contributed by atoms with Gasteiger partial charge in [-0.25, -0.2) is 0 Å². The van der Waals surface area contributed by atoms with Crippen molar-refractivity contribution in [1.29, 1.82) is 0 Å². The van der Waals surface area contributed by atoms with Gasteiger partial charge >= 0.3 is 0 Å². The van der Waals surface area contributed by atoms with Crippen LogP contribution >= 0.6 is 0 Å². The van der Waals surface area contributed by atoms with Crippen molar-refractivity contribution in [1.82, 2.24) is 0 Å². The fourth-order valence-electron chi connectivity index (χ4n) is 2.41. The predicted molar refractivity (Wildman–Crippen MR) is 104 cm³/mol. The molecule has 0 spiro atoms. The molecular weight excluding hydrogens is 312 g/mol. The molecule has 0 aliphatic carbocycles. The van der Waals surface area contributed by atoms with Crippen LogP contribution < -0.4 is 0 Å². The van der Waals surface area contributed by atoms with Crippen molar-refractivity contribution < 1.29 is 14.6 Å². The Balaban J connectivity index is 0.000000705. The van der Waals surface area contributed by atoms with E-state index in [9.17, 15) is 4.79 Å². The molecule has 2 rings (SSSR count). The molecule has 0 saturated heterocycles. The predicted octanol–water partition coefficient (Wildman–Crippen LogP) is 4.49. The van der Waals surface area contributed by atoms with Crippen molar-refractivity contribution in [3.8, 4) is 11.1 Å². The highest BCUT2D eigenvalue weighted by atomic mass is 16.5. The summed E-state index contributed by atoms with van der Waals surface area (Å²) < 4.78 is 4.81. The molecule has 0 atom stereocenters. The molecule has 0 bridgehead atoms. The van der Waals surface area contributed by atoms with Crippen molar-refractivity contribution in [2.75, 3.05) is 13.2 Å². The molecule has 0 fully saturated rings. The van der Waals surface area contributed by atoms with E-state index in [-0.39, 0.29) is 6.61 Å². The first-order valence-corrected chi connectivity index (χ1v) is 8.45. The van der Waals surface area contributed by atoms with Gasteiger partial charge in [-0.1, -0.05) is 53.6 Å². The van der Waals surface area contributed by atoms with Gasteiger partial charge in [0.25, 0.3) is 6.47 Å². The number of aliphatic hydroxyl groups excluding tert-OH is 1. The summed E-state index contributed by atoms with van der Waals surface area (Å²) in [4.78, 5) is 10.3. The lowest BCUT2D eigenvalue weighted by molar-refractivity contribution is -0.128. The average Bonchev–Trinajstić information content (AvgIpc) is 2.56. The second-order valence-electron chi connectivity index (χ2n) is 6.26. The van der Waals surface area contributed by atoms with Crippen LogP contribution in [-0.4, -0.2) is 24.8 Å². The number of rotatable bonds is 7. The molecule has 0 aliphatic heterocycles. The van der Waals surface area contributed by atoms with Gasteiger partial charge in [0.2, 0.25) is 0 Å². The van der Waals surface area contributed by atoms with Gasteiger partial charge < -0.3 is 9.84 Å². The fraction of sp³-hybridized carbons (Fsp3) is 0.318. The number of ether oxygens (including phenoxy) is 1. The molecule has 3 nitrogen and oxygen atoms in total. The van der Waals surface area contributed by atoms with E-state index in [0.717, 1.165) is 16.7 Å². The molecule has 2 aromatic carbocycles. The third-order valence-electron chi connectivity index (χ3n) is 3.48. The smallest absolute Gasteiger partial charge is 0.293 e. The maximum Gasteiger partial charge on any atom is 0.293 e. The second kappa shape index (κ2) is 11.2. The van der Waals surface area contributed by atoms with Crippen LogP contribution in [0.3, 0.4) is 0 Å². The largest absolute Gasteiger partial charge is 0.468 e. The molecule has 0 saturated carbocycles. The van der Waals surface area contributed by atoms with E-state index in [4.69, 9.17) is 9.84 Å². The minimum Gasteiger partial charge on any atom is -0.468 e. The highest BCUT2D eigenvalue weighted by Gasteiger charge is 2.06. The second-order valence-corrected chi connectivity index (χ2v) is 6.26. The SMILES string of the molecule is C=C(C)C.Cc1ccc(-c2ccc(CCO)cc2)c(CCOC=O)c1. The first-order valence-electron chi connectivity index (χ1n) is 8.45. The fourth-order valence-corrected chi connectivity index (χ4v) is 2.41. The van der Waals surface area contributed by atoms with Crippen LogP contribution in [0.25, 0.3) is 11.1 Å². The van der Waals surface area contributed by atoms with Crippen LogP contribution in [-0.2, 0) is 22.4 Å². The highest BCUT2D eigenvalue weighted by molar-refractivity contribution is 5.68. The Kier molecular flexibility index (Phi) is 9.26. The Morgan fingerprint density at radius 3 is 2.32 bits per heavy atom. The molecule has 0 amide bonds. The van der Waals surface area contributed by atoms with Crippen molar-refractivity contribution in [2.24, 2.45) is 0 Å². The number of carbonyl (C=O) groups is 1. The maximum absolute atomic E-state index is 10.3. The molecule has 3 heteroatoms. The normalized spacial score (nSPS) is 9.76. The third kappa shape index (κ3) is 7.81. The summed E-state index contributed by atoms with van der Waals surface area (Å²) in [5, 5.41) is 8.96. The zero-order valence-electron chi connectivity index (χ0n) is 15.4. The number of allylic oxidation sites excluding steroid dienone is 1. The number of hydrogen-bond acceptors (Lipinski definition) is 3. The van der Waals surface area contributed by atoms with E-state index in [2.05, 4.69) is 43.8 Å². The molecule has 0 aliphatic rings. The summed E-state index contributed by atoms with van der Waals surface area (Å²) in [6, 6.07) is 14.5. The van der Waals surface area contributed by atoms with E-state index in [1.807, 2.05) is 26.0 Å². The zero-order chi connectivity index (χ0) is 18.7. The van der Waals surface area contributed by atoms with Gasteiger partial charge in [0.05, 0.1) is 6.61 Å². The van der Waals surface area contributed by atoms with Crippen LogP contribution in [0, 0.1) is 6.92 Å². The Hall–Kier alpha value is -2.39. The highest BCUT2D eigenvalue weighted by Crippen LogP contribution is 2.26. The van der Waals surface area contributed by atoms with Crippen molar-refractivity contribution in [2.45, 2.75) is 33.6 Å². The number of carbonyl (C=O) groups excluding carboxylic acids is 1. The lowest BCUT2D eigenvalue weighted by Gasteiger charge is -2.11. The number of aryl methyl sites for hydroxylation is 1. The Morgan fingerprint density at radius 1 is 1.12 bits per heavy atom. The lowest BCUT2D eigenvalue weighted by Crippen LogP contribution is -1.99. The quantitative estimate of drug-likeness (QED) is 0.459. The molecule has 25 heavy (non-hydrogen) atoms. The summed E-state index contributed by atoms with van der Waals surface area (Å²) in [5.74, 6) is 0. The standard InChI is InChI=1S/C18H20O3.C4H8/c1-14-2-7-18(17(12-14)9-11-21-13-20)16-5-3-15(4-6-16)8-10-19;1-4(2)3/h2-7,12-13,19H,8-11H2,1H3;1H2,2-3H3. The summed E-state index contributed by atoms with van der Waals surface area (Å²) in [6.07, 6.45) is 1.38. The van der Waals surface area contributed by atoms with Gasteiger partial charge in [0.1, 0.15) is 0 Å². The van der Waals surface area contributed by atoms with E-state index >= 15 is 0 Å². The Bertz CT molecular complexity index is 668. The van der Waals surface area contributed by atoms with Gasteiger partial charge in [-0.05, 0) is 49.4 Å². The van der Waals surface area contributed by atoms with Gasteiger partial charge in [-0.15, -0.1) is 6.58 Å². The maximum atomic E-state index is 10.3. The van der Waals surface area contributed by atoms with Crippen LogP contribution in [0.5, 0.6) is 0 Å². The zero-order valence-corrected chi connectivity index (χ0v) is 15.4. The monoisotopic (exact) mass is 340 g/mol. The molecular formula is C22H28O3. The molecule has 0 radical (unpaired) electrons. The van der Waals surface area contributed by atoms with Crippen molar-refractivity contribution in [3.05, 3.63) is 71.3 Å². The minimum atomic E-state index is 0.165. The lowest BCUT2D eigenvalue weighted by atomic mass is 9.95. The first kappa shape index (κ1) is 20.7. The summed E-state index contributed by atoms with van der Waals surface area (Å²) in [6.45, 7) is 10.6. The molecule has 2 aromatic rings. The van der Waals surface area contributed by atoms with E-state index in [1.54, 1.807) is 0 Å². The van der Waals surface area contributed by atoms with Crippen LogP contribution in [0.2, 0.25) is 0 Å². The average molecular weight is 340 g/mol. The van der Waals surface area contributed by atoms with Gasteiger partial charge in [0, 0.05) is 13.0 Å². The van der Waals surface area contributed by atoms with Gasteiger partial charge in [-0.2, -0.15) is 0 Å². The van der Waals surface area contributed by atoms with Gasteiger partial charge in [0.15, 0.2) is 0 Å². The van der Waals surface area contributed by atoms with E-state index in [1.165, 1.54) is 16.7 Å². The number of benzene rings is 2. The molecule has 0 unspecified atom stereocenters. The van der Waals surface area contributed by atoms with E-state index in [0.29, 0.717) is 25.9 Å². The molecule has 134 valence electrons. The molecule has 0 aromatic heterocycles. The topological polar surface area (TPSA) is 46.5 Å². The first-order chi connectivity index (χ1) is 12.0. The number of aliphatic hydroxyl groups is 1. The van der Waals surface area contributed by atoms with Gasteiger partial charge in [-0.3, -0.25) is 4.79 Å². The van der Waals surface area contributed by atoms with Crippen molar-refractivity contribution in [3.63, 3.8) is 0 Å². The van der Waals surface area contributed by atoms with Crippen LogP contribution in [0.4, 0.5) is 0 Å². The van der Waals surface area contributed by atoms with Crippen LogP contribution in [0.1, 0.15) is 30.5 Å². The third-order valence-corrected chi connectivity index (χ3v) is 3.48. The Morgan fingerprint density at radius 2 is 1.76 bits per heavy atom. The van der Waals surface area contributed by atoms with Crippen LogP contribution in [0.15, 0.2) is 54.6 Å². The van der Waals surface area contributed by atoms with Crippen molar-refractivity contribution >= 4 is 6.47 Å². The number of hydrogen-bond donors (Lipinski definition) is 1. The summed E-state index contributed by atoms with van der Waals surface area (Å²) >= 11 is 0. The molecule has 1 N–H and O–H groups in total. The summed E-state index contributed by atoms with van der Waals surface area (Å²) in [5.41, 5.74) is 6.95. The molecule has 0 heterocycles. The summed E-state index contributed by atoms with van der Waals surface area (Å²) in [7, 11) is 0. The van der Waals surface area contributed by atoms with E-state index < -0.39 is 0 Å². The minimum absolute atomic E-state index is 0.165. The Labute approximate surface area is 151 Å².